The highest BCUT2D eigenvalue weighted by Crippen LogP contribution is 2.17. The zero-order valence-electron chi connectivity index (χ0n) is 18.0. The van der Waals surface area contributed by atoms with Crippen molar-refractivity contribution in [3.05, 3.63) is 35.9 Å². The second-order valence-electron chi connectivity index (χ2n) is 7.97. The SMILES string of the molecule is CCC(C)C(NC(=O)C(N)Cc1ccccc1)C(=O)NCC(=O)N1CCCC1C(=O)O. The molecule has 1 aliphatic heterocycles. The van der Waals surface area contributed by atoms with Gasteiger partial charge in [0.1, 0.15) is 12.1 Å². The molecule has 1 aromatic rings. The third kappa shape index (κ3) is 6.78. The van der Waals surface area contributed by atoms with Crippen LogP contribution in [-0.2, 0) is 25.6 Å². The molecule has 0 spiro atoms. The van der Waals surface area contributed by atoms with Crippen molar-refractivity contribution in [1.82, 2.24) is 15.5 Å². The van der Waals surface area contributed by atoms with E-state index in [0.29, 0.717) is 32.2 Å². The Morgan fingerprint density at radius 3 is 2.48 bits per heavy atom. The van der Waals surface area contributed by atoms with Gasteiger partial charge in [0.05, 0.1) is 12.6 Å². The first-order chi connectivity index (χ1) is 14.7. The highest BCUT2D eigenvalue weighted by Gasteiger charge is 2.34. The molecule has 9 heteroatoms. The van der Waals surface area contributed by atoms with Gasteiger partial charge in [0.2, 0.25) is 17.7 Å². The third-order valence-corrected chi connectivity index (χ3v) is 5.70. The van der Waals surface area contributed by atoms with Gasteiger partial charge in [0.15, 0.2) is 0 Å². The average molecular weight is 433 g/mol. The second kappa shape index (κ2) is 11.5. The number of nitrogens with one attached hydrogen (secondary N) is 2. The molecule has 1 saturated heterocycles. The number of nitrogens with zero attached hydrogens (tertiary/aromatic N) is 1. The van der Waals surface area contributed by atoms with Crippen LogP contribution in [0.25, 0.3) is 0 Å². The van der Waals surface area contributed by atoms with Gasteiger partial charge in [0, 0.05) is 6.54 Å². The van der Waals surface area contributed by atoms with Crippen LogP contribution in [0.1, 0.15) is 38.7 Å². The molecule has 2 rings (SSSR count). The maximum atomic E-state index is 12.7. The van der Waals surface area contributed by atoms with Crippen molar-refractivity contribution >= 4 is 23.7 Å². The Morgan fingerprint density at radius 2 is 1.87 bits per heavy atom. The second-order valence-corrected chi connectivity index (χ2v) is 7.97. The molecule has 1 fully saturated rings. The Balaban J connectivity index is 1.94. The normalized spacial score (nSPS) is 18.7. The largest absolute Gasteiger partial charge is 0.480 e. The summed E-state index contributed by atoms with van der Waals surface area (Å²) in [7, 11) is 0. The monoisotopic (exact) mass is 432 g/mol. The van der Waals surface area contributed by atoms with Crippen LogP contribution in [0.4, 0.5) is 0 Å². The smallest absolute Gasteiger partial charge is 0.326 e. The van der Waals surface area contributed by atoms with Crippen LogP contribution < -0.4 is 16.4 Å². The maximum Gasteiger partial charge on any atom is 0.326 e. The lowest BCUT2D eigenvalue weighted by atomic mass is 9.97. The van der Waals surface area contributed by atoms with E-state index >= 15 is 0 Å². The van der Waals surface area contributed by atoms with Gasteiger partial charge in [-0.3, -0.25) is 14.4 Å². The highest BCUT2D eigenvalue weighted by atomic mass is 16.4. The Bertz CT molecular complexity index is 785. The number of carbonyl (C=O) groups is 4. The molecule has 0 aliphatic carbocycles. The molecular formula is C22H32N4O5. The molecule has 0 aromatic heterocycles. The molecule has 1 aromatic carbocycles. The summed E-state index contributed by atoms with van der Waals surface area (Å²) in [6.45, 7) is 3.76. The van der Waals surface area contributed by atoms with E-state index in [2.05, 4.69) is 10.6 Å². The summed E-state index contributed by atoms with van der Waals surface area (Å²) in [5, 5.41) is 14.5. The molecule has 0 saturated carbocycles. The average Bonchev–Trinajstić information content (AvgIpc) is 3.26. The van der Waals surface area contributed by atoms with Gasteiger partial charge < -0.3 is 26.4 Å². The van der Waals surface area contributed by atoms with Gasteiger partial charge in [0.25, 0.3) is 0 Å². The number of hydrogen-bond donors (Lipinski definition) is 4. The molecule has 4 atom stereocenters. The first kappa shape index (κ1) is 24.3. The number of rotatable bonds is 10. The Labute approximate surface area is 182 Å². The zero-order valence-corrected chi connectivity index (χ0v) is 18.0. The van der Waals surface area contributed by atoms with Gasteiger partial charge in [-0.05, 0) is 30.7 Å². The van der Waals surface area contributed by atoms with Crippen LogP contribution in [0.2, 0.25) is 0 Å². The van der Waals surface area contributed by atoms with E-state index in [0.717, 1.165) is 5.56 Å². The Morgan fingerprint density at radius 1 is 1.19 bits per heavy atom. The Hall–Kier alpha value is -2.94. The summed E-state index contributed by atoms with van der Waals surface area (Å²) in [5.41, 5.74) is 6.94. The molecule has 0 radical (unpaired) electrons. The van der Waals surface area contributed by atoms with Gasteiger partial charge in [-0.15, -0.1) is 0 Å². The summed E-state index contributed by atoms with van der Waals surface area (Å²) < 4.78 is 0. The number of hydrogen-bond acceptors (Lipinski definition) is 5. The van der Waals surface area contributed by atoms with Gasteiger partial charge in [-0.2, -0.15) is 0 Å². The molecule has 31 heavy (non-hydrogen) atoms. The lowest BCUT2D eigenvalue weighted by Gasteiger charge is -2.26. The first-order valence-electron chi connectivity index (χ1n) is 10.6. The lowest BCUT2D eigenvalue weighted by Crippen LogP contribution is -2.56. The standard InChI is InChI=1S/C22H32N4O5/c1-3-14(2)19(25-20(28)16(23)12-15-8-5-4-6-9-15)21(29)24-13-18(27)26-11-7-10-17(26)22(30)31/h4-6,8-9,14,16-17,19H,3,7,10-13,23H2,1-2H3,(H,24,29)(H,25,28)(H,30,31). The van der Waals surface area contributed by atoms with E-state index < -0.39 is 41.8 Å². The van der Waals surface area contributed by atoms with Gasteiger partial charge in [-0.25, -0.2) is 4.79 Å². The van der Waals surface area contributed by atoms with Crippen molar-refractivity contribution in [3.63, 3.8) is 0 Å². The van der Waals surface area contributed by atoms with Gasteiger partial charge >= 0.3 is 5.97 Å². The molecule has 5 N–H and O–H groups in total. The van der Waals surface area contributed by atoms with Crippen molar-refractivity contribution in [2.24, 2.45) is 11.7 Å². The summed E-state index contributed by atoms with van der Waals surface area (Å²) in [6, 6.07) is 6.83. The first-order valence-corrected chi connectivity index (χ1v) is 10.6. The van der Waals surface area contributed by atoms with E-state index in [9.17, 15) is 24.3 Å². The van der Waals surface area contributed by atoms with Crippen molar-refractivity contribution in [2.45, 2.75) is 57.7 Å². The fourth-order valence-electron chi connectivity index (χ4n) is 3.62. The molecular weight excluding hydrogens is 400 g/mol. The number of carbonyl (C=O) groups excluding carboxylic acids is 3. The van der Waals surface area contributed by atoms with Crippen LogP contribution in [0.3, 0.4) is 0 Å². The summed E-state index contributed by atoms with van der Waals surface area (Å²) >= 11 is 0. The number of nitrogens with two attached hydrogens (primary N) is 1. The zero-order chi connectivity index (χ0) is 23.0. The van der Waals surface area contributed by atoms with Crippen LogP contribution >= 0.6 is 0 Å². The van der Waals surface area contributed by atoms with Crippen molar-refractivity contribution in [3.8, 4) is 0 Å². The molecule has 1 heterocycles. The quantitative estimate of drug-likeness (QED) is 0.418. The topological polar surface area (TPSA) is 142 Å². The number of carboxylic acid groups (broad SMARTS) is 1. The van der Waals surface area contributed by atoms with Crippen LogP contribution in [0.15, 0.2) is 30.3 Å². The minimum Gasteiger partial charge on any atom is -0.480 e. The fourth-order valence-corrected chi connectivity index (χ4v) is 3.62. The predicted octanol–water partition coefficient (Wildman–Crippen LogP) is 0.279. The fraction of sp³-hybridized carbons (Fsp3) is 0.545. The molecule has 0 bridgehead atoms. The van der Waals surface area contributed by atoms with Crippen molar-refractivity contribution in [2.75, 3.05) is 13.1 Å². The van der Waals surface area contributed by atoms with Crippen LogP contribution in [0.5, 0.6) is 0 Å². The number of carboxylic acids is 1. The number of benzene rings is 1. The molecule has 170 valence electrons. The molecule has 4 unspecified atom stereocenters. The van der Waals surface area contributed by atoms with Crippen LogP contribution in [0, 0.1) is 5.92 Å². The third-order valence-electron chi connectivity index (χ3n) is 5.70. The summed E-state index contributed by atoms with van der Waals surface area (Å²) in [6.07, 6.45) is 1.99. The maximum absolute atomic E-state index is 12.7. The van der Waals surface area contributed by atoms with Crippen molar-refractivity contribution < 1.29 is 24.3 Å². The predicted molar refractivity (Wildman–Crippen MR) is 115 cm³/mol. The van der Waals surface area contributed by atoms with Crippen LogP contribution in [-0.4, -0.2) is 64.9 Å². The molecule has 3 amide bonds. The molecule has 1 aliphatic rings. The minimum atomic E-state index is -1.05. The van der Waals surface area contributed by atoms with E-state index in [1.807, 2.05) is 44.2 Å². The van der Waals surface area contributed by atoms with Gasteiger partial charge in [-0.1, -0.05) is 50.6 Å². The van der Waals surface area contributed by atoms with E-state index in [1.54, 1.807) is 0 Å². The number of aliphatic carboxylic acids is 1. The lowest BCUT2D eigenvalue weighted by molar-refractivity contribution is -0.148. The van der Waals surface area contributed by atoms with E-state index in [1.165, 1.54) is 4.90 Å². The van der Waals surface area contributed by atoms with Crippen molar-refractivity contribution in [1.29, 1.82) is 0 Å². The number of amides is 3. The van der Waals surface area contributed by atoms with E-state index in [-0.39, 0.29) is 12.5 Å². The Kier molecular flexibility index (Phi) is 8.99. The highest BCUT2D eigenvalue weighted by molar-refractivity contribution is 5.93. The minimum absolute atomic E-state index is 0.179. The summed E-state index contributed by atoms with van der Waals surface area (Å²) in [4.78, 5) is 50.3. The number of likely N-dealkylation sites (tertiary alicyclic amines) is 1. The molecule has 9 nitrogen and oxygen atoms in total. The van der Waals surface area contributed by atoms with E-state index in [4.69, 9.17) is 5.73 Å². The summed E-state index contributed by atoms with van der Waals surface area (Å²) in [5.74, 6) is -2.61.